The number of nitro groups is 1. The van der Waals surface area contributed by atoms with Crippen LogP contribution in [0.25, 0.3) is 0 Å². The molecule has 1 aliphatic heterocycles. The monoisotopic (exact) mass is 342 g/mol. The molecule has 0 aromatic heterocycles. The Morgan fingerprint density at radius 3 is 2.91 bits per heavy atom. The third-order valence-corrected chi connectivity index (χ3v) is 3.58. The van der Waals surface area contributed by atoms with Crippen LogP contribution >= 0.6 is 11.6 Å². The highest BCUT2D eigenvalue weighted by Crippen LogP contribution is 2.25. The highest BCUT2D eigenvalue weighted by atomic mass is 35.5. The van der Waals surface area contributed by atoms with E-state index in [2.05, 4.69) is 5.32 Å². The maximum Gasteiger partial charge on any atom is 0.338 e. The van der Waals surface area contributed by atoms with Crippen LogP contribution in [0, 0.1) is 10.1 Å². The molecular weight excluding hydrogens is 328 g/mol. The maximum atomic E-state index is 11.8. The van der Waals surface area contributed by atoms with Crippen LogP contribution in [0.4, 0.5) is 5.69 Å². The molecule has 0 radical (unpaired) electrons. The van der Waals surface area contributed by atoms with Crippen LogP contribution in [0.5, 0.6) is 0 Å². The number of halogens is 1. The van der Waals surface area contributed by atoms with E-state index in [0.29, 0.717) is 13.2 Å². The molecule has 1 N–H and O–H groups in total. The van der Waals surface area contributed by atoms with Crippen LogP contribution in [-0.2, 0) is 14.3 Å². The Bertz CT molecular complexity index is 615. The number of carbonyl (C=O) groups is 2. The van der Waals surface area contributed by atoms with Gasteiger partial charge in [-0.15, -0.1) is 0 Å². The summed E-state index contributed by atoms with van der Waals surface area (Å²) in [7, 11) is 0. The van der Waals surface area contributed by atoms with Crippen LogP contribution in [0.3, 0.4) is 0 Å². The molecule has 0 unspecified atom stereocenters. The average molecular weight is 343 g/mol. The van der Waals surface area contributed by atoms with Gasteiger partial charge in [-0.25, -0.2) is 4.79 Å². The number of nitro benzene ring substituents is 1. The maximum absolute atomic E-state index is 11.8. The minimum atomic E-state index is -0.836. The van der Waals surface area contributed by atoms with Gasteiger partial charge in [-0.3, -0.25) is 14.9 Å². The predicted octanol–water partition coefficient (Wildman–Crippen LogP) is 1.70. The second kappa shape index (κ2) is 7.89. The van der Waals surface area contributed by atoms with Crippen LogP contribution in [-0.4, -0.2) is 42.7 Å². The fourth-order valence-corrected chi connectivity index (χ4v) is 2.26. The van der Waals surface area contributed by atoms with Crippen molar-refractivity contribution in [2.24, 2.45) is 0 Å². The standard InChI is InChI=1S/C14H15ClN2O6/c15-11-4-3-9(6-12(11)17(20)21)14(19)23-8-13(18)16-7-10-2-1-5-22-10/h3-4,6,10H,1-2,5,7-8H2,(H,16,18)/t10-/m1/s1. The Morgan fingerprint density at radius 1 is 1.48 bits per heavy atom. The average Bonchev–Trinajstić information content (AvgIpc) is 3.04. The molecule has 1 amide bonds. The zero-order chi connectivity index (χ0) is 16.8. The third-order valence-electron chi connectivity index (χ3n) is 3.26. The van der Waals surface area contributed by atoms with Gasteiger partial charge < -0.3 is 14.8 Å². The van der Waals surface area contributed by atoms with Gasteiger partial charge in [0.1, 0.15) is 5.02 Å². The number of hydrogen-bond acceptors (Lipinski definition) is 6. The molecule has 1 fully saturated rings. The molecule has 1 atom stereocenters. The molecule has 23 heavy (non-hydrogen) atoms. The van der Waals surface area contributed by atoms with Gasteiger partial charge in [-0.05, 0) is 25.0 Å². The van der Waals surface area contributed by atoms with Crippen molar-refractivity contribution >= 4 is 29.2 Å². The Labute approximate surface area is 136 Å². The summed E-state index contributed by atoms with van der Waals surface area (Å²) in [5.74, 6) is -1.30. The number of esters is 1. The Hall–Kier alpha value is -2.19. The highest BCUT2D eigenvalue weighted by Gasteiger charge is 2.19. The smallest absolute Gasteiger partial charge is 0.338 e. The second-order valence-electron chi connectivity index (χ2n) is 4.94. The van der Waals surface area contributed by atoms with E-state index in [1.807, 2.05) is 0 Å². The molecule has 1 aromatic carbocycles. The topological polar surface area (TPSA) is 108 Å². The van der Waals surface area contributed by atoms with Crippen molar-refractivity contribution in [1.82, 2.24) is 5.32 Å². The van der Waals surface area contributed by atoms with Gasteiger partial charge in [0.25, 0.3) is 11.6 Å². The minimum absolute atomic E-state index is 0.00596. The Balaban J connectivity index is 1.83. The molecule has 1 heterocycles. The van der Waals surface area contributed by atoms with Crippen LogP contribution < -0.4 is 5.32 Å². The summed E-state index contributed by atoms with van der Waals surface area (Å²) in [6.45, 7) is 0.579. The lowest BCUT2D eigenvalue weighted by atomic mass is 10.2. The molecule has 8 nitrogen and oxygen atoms in total. The number of hydrogen-bond donors (Lipinski definition) is 1. The number of carbonyl (C=O) groups excluding carboxylic acids is 2. The van der Waals surface area contributed by atoms with E-state index in [1.54, 1.807) is 0 Å². The van der Waals surface area contributed by atoms with Gasteiger partial charge in [0.15, 0.2) is 6.61 Å². The lowest BCUT2D eigenvalue weighted by Gasteiger charge is -2.11. The van der Waals surface area contributed by atoms with Crippen molar-refractivity contribution < 1.29 is 24.0 Å². The number of rotatable bonds is 6. The summed E-state index contributed by atoms with van der Waals surface area (Å²) in [6.07, 6.45) is 1.84. The van der Waals surface area contributed by atoms with Crippen LogP contribution in [0.1, 0.15) is 23.2 Å². The summed E-state index contributed by atoms with van der Waals surface area (Å²) in [5.41, 5.74) is -0.447. The first-order valence-corrected chi connectivity index (χ1v) is 7.34. The van der Waals surface area contributed by atoms with Gasteiger partial charge in [0.05, 0.1) is 16.6 Å². The van der Waals surface area contributed by atoms with Gasteiger partial charge in [-0.1, -0.05) is 11.6 Å². The quantitative estimate of drug-likeness (QED) is 0.479. The molecule has 1 saturated heterocycles. The van der Waals surface area contributed by atoms with Gasteiger partial charge >= 0.3 is 5.97 Å². The number of nitrogens with one attached hydrogen (secondary N) is 1. The number of nitrogens with zero attached hydrogens (tertiary/aromatic N) is 1. The largest absolute Gasteiger partial charge is 0.452 e. The van der Waals surface area contributed by atoms with Gasteiger partial charge in [-0.2, -0.15) is 0 Å². The first kappa shape index (κ1) is 17.2. The zero-order valence-corrected chi connectivity index (χ0v) is 12.9. The second-order valence-corrected chi connectivity index (χ2v) is 5.35. The lowest BCUT2D eigenvalue weighted by molar-refractivity contribution is -0.384. The normalized spacial score (nSPS) is 16.8. The lowest BCUT2D eigenvalue weighted by Crippen LogP contribution is -2.34. The van der Waals surface area contributed by atoms with E-state index in [4.69, 9.17) is 21.1 Å². The molecule has 0 aliphatic carbocycles. The molecule has 0 saturated carbocycles. The van der Waals surface area contributed by atoms with Crippen LogP contribution in [0.15, 0.2) is 18.2 Å². The van der Waals surface area contributed by atoms with E-state index >= 15 is 0 Å². The molecule has 2 rings (SSSR count). The molecule has 124 valence electrons. The van der Waals surface area contributed by atoms with Crippen molar-refractivity contribution in [2.75, 3.05) is 19.8 Å². The SMILES string of the molecule is O=C(COC(=O)c1ccc(Cl)c([N+](=O)[O-])c1)NC[C@H]1CCCO1. The molecule has 9 heteroatoms. The summed E-state index contributed by atoms with van der Waals surface area (Å²) in [5, 5.41) is 13.3. The predicted molar refractivity (Wildman–Crippen MR) is 80.4 cm³/mol. The first-order valence-electron chi connectivity index (χ1n) is 6.96. The fraction of sp³-hybridized carbons (Fsp3) is 0.429. The number of ether oxygens (including phenoxy) is 2. The Kier molecular flexibility index (Phi) is 5.89. The van der Waals surface area contributed by atoms with Crippen molar-refractivity contribution in [3.05, 3.63) is 38.9 Å². The molecule has 1 aromatic rings. The van der Waals surface area contributed by atoms with Gasteiger partial charge in [0.2, 0.25) is 0 Å². The minimum Gasteiger partial charge on any atom is -0.452 e. The third kappa shape index (κ3) is 4.90. The summed E-state index contributed by atoms with van der Waals surface area (Å²) >= 11 is 5.66. The summed E-state index contributed by atoms with van der Waals surface area (Å²) < 4.78 is 10.2. The summed E-state index contributed by atoms with van der Waals surface area (Å²) in [4.78, 5) is 33.5. The number of benzene rings is 1. The van der Waals surface area contributed by atoms with E-state index in [-0.39, 0.29) is 16.7 Å². The molecule has 1 aliphatic rings. The fourth-order valence-electron chi connectivity index (χ4n) is 2.08. The van der Waals surface area contributed by atoms with E-state index in [0.717, 1.165) is 18.9 Å². The van der Waals surface area contributed by atoms with Crippen molar-refractivity contribution in [1.29, 1.82) is 0 Å². The first-order chi connectivity index (χ1) is 11.0. The van der Waals surface area contributed by atoms with E-state index < -0.39 is 29.1 Å². The van der Waals surface area contributed by atoms with E-state index in [1.165, 1.54) is 12.1 Å². The summed E-state index contributed by atoms with van der Waals surface area (Å²) in [6, 6.07) is 3.53. The highest BCUT2D eigenvalue weighted by molar-refractivity contribution is 6.32. The van der Waals surface area contributed by atoms with Crippen molar-refractivity contribution in [2.45, 2.75) is 18.9 Å². The molecular formula is C14H15ClN2O6. The van der Waals surface area contributed by atoms with Crippen LogP contribution in [0.2, 0.25) is 5.02 Å². The van der Waals surface area contributed by atoms with Crippen molar-refractivity contribution in [3.8, 4) is 0 Å². The molecule has 0 spiro atoms. The van der Waals surface area contributed by atoms with Crippen molar-refractivity contribution in [3.63, 3.8) is 0 Å². The Morgan fingerprint density at radius 2 is 2.26 bits per heavy atom. The number of amides is 1. The zero-order valence-electron chi connectivity index (χ0n) is 12.1. The van der Waals surface area contributed by atoms with E-state index in [9.17, 15) is 19.7 Å². The van der Waals surface area contributed by atoms with Gasteiger partial charge in [0, 0.05) is 19.2 Å². The molecule has 0 bridgehead atoms.